The third kappa shape index (κ3) is 3.01. The molecule has 2 aromatic rings. The Hall–Kier alpha value is -0.900. The van der Waals surface area contributed by atoms with E-state index in [1.807, 2.05) is 12.1 Å². The van der Waals surface area contributed by atoms with Gasteiger partial charge in [0.15, 0.2) is 0 Å². The third-order valence-electron chi connectivity index (χ3n) is 3.62. The van der Waals surface area contributed by atoms with E-state index in [0.717, 1.165) is 17.0 Å². The molecule has 0 saturated heterocycles. The molecular formula is C16H17Cl2NOS. The van der Waals surface area contributed by atoms with Gasteiger partial charge >= 0.3 is 0 Å². The topological polar surface area (TPSA) is 21.3 Å². The molecule has 0 aliphatic carbocycles. The smallest absolute Gasteiger partial charge is 0.143 e. The first-order valence-electron chi connectivity index (χ1n) is 6.84. The predicted octanol–water partition coefficient (Wildman–Crippen LogP) is 5.90. The Labute approximate surface area is 139 Å². The van der Waals surface area contributed by atoms with E-state index in [-0.39, 0.29) is 11.5 Å². The lowest BCUT2D eigenvalue weighted by Gasteiger charge is -2.29. The van der Waals surface area contributed by atoms with E-state index in [4.69, 9.17) is 27.9 Å². The van der Waals surface area contributed by atoms with Crippen molar-refractivity contribution in [2.45, 2.75) is 32.3 Å². The average molecular weight is 342 g/mol. The van der Waals surface area contributed by atoms with Crippen LogP contribution < -0.4 is 10.1 Å². The van der Waals surface area contributed by atoms with Crippen LogP contribution in [-0.2, 0) is 5.41 Å². The van der Waals surface area contributed by atoms with Gasteiger partial charge in [-0.3, -0.25) is 0 Å². The van der Waals surface area contributed by atoms with E-state index in [1.165, 1.54) is 16.9 Å². The van der Waals surface area contributed by atoms with Crippen molar-refractivity contribution in [3.05, 3.63) is 44.1 Å². The van der Waals surface area contributed by atoms with Crippen molar-refractivity contribution in [2.24, 2.45) is 0 Å². The maximum Gasteiger partial charge on any atom is 0.143 e. The summed E-state index contributed by atoms with van der Waals surface area (Å²) in [6.07, 6.45) is -0.103. The number of fused-ring (bicyclic) bond motifs is 1. The first-order valence-corrected chi connectivity index (χ1v) is 8.41. The maximum absolute atomic E-state index is 6.22. The molecule has 0 amide bonds. The fourth-order valence-electron chi connectivity index (χ4n) is 2.38. The van der Waals surface area contributed by atoms with E-state index < -0.39 is 0 Å². The number of thiophene rings is 1. The van der Waals surface area contributed by atoms with Gasteiger partial charge in [-0.05, 0) is 29.2 Å². The van der Waals surface area contributed by atoms with E-state index in [9.17, 15) is 0 Å². The number of anilines is 1. The number of hydrogen-bond acceptors (Lipinski definition) is 3. The lowest BCUT2D eigenvalue weighted by molar-refractivity contribution is 0.211. The van der Waals surface area contributed by atoms with Crippen LogP contribution in [0, 0.1) is 0 Å². The molecule has 0 bridgehead atoms. The molecule has 1 aromatic heterocycles. The number of benzene rings is 1. The zero-order valence-corrected chi connectivity index (χ0v) is 14.5. The number of hydrogen-bond donors (Lipinski definition) is 1. The lowest BCUT2D eigenvalue weighted by Crippen LogP contribution is -2.24. The van der Waals surface area contributed by atoms with Gasteiger partial charge in [-0.2, -0.15) is 0 Å². The minimum absolute atomic E-state index is 0.103. The highest BCUT2D eigenvalue weighted by molar-refractivity contribution is 7.20. The molecule has 1 aromatic carbocycles. The summed E-state index contributed by atoms with van der Waals surface area (Å²) in [4.78, 5) is 0. The molecule has 1 aliphatic heterocycles. The molecular weight excluding hydrogens is 325 g/mol. The van der Waals surface area contributed by atoms with E-state index in [0.29, 0.717) is 15.2 Å². The molecule has 1 unspecified atom stereocenters. The molecule has 1 N–H and O–H groups in total. The molecule has 1 aliphatic rings. The highest BCUT2D eigenvalue weighted by Gasteiger charge is 2.25. The van der Waals surface area contributed by atoms with Gasteiger partial charge in [-0.15, -0.1) is 11.3 Å². The van der Waals surface area contributed by atoms with Gasteiger partial charge in [0.1, 0.15) is 16.2 Å². The van der Waals surface area contributed by atoms with Crippen molar-refractivity contribution in [3.63, 3.8) is 0 Å². The van der Waals surface area contributed by atoms with Crippen LogP contribution >= 0.6 is 34.5 Å². The van der Waals surface area contributed by atoms with Gasteiger partial charge in [-0.25, -0.2) is 0 Å². The van der Waals surface area contributed by atoms with E-state index >= 15 is 0 Å². The van der Waals surface area contributed by atoms with E-state index in [1.54, 1.807) is 0 Å². The Morgan fingerprint density at radius 1 is 1.24 bits per heavy atom. The summed E-state index contributed by atoms with van der Waals surface area (Å²) in [5, 5.41) is 3.44. The second kappa shape index (κ2) is 5.38. The van der Waals surface area contributed by atoms with Crippen molar-refractivity contribution < 1.29 is 4.74 Å². The molecule has 2 nitrogen and oxygen atoms in total. The predicted molar refractivity (Wildman–Crippen MR) is 91.3 cm³/mol. The molecule has 5 heteroatoms. The van der Waals surface area contributed by atoms with Crippen molar-refractivity contribution in [1.29, 1.82) is 0 Å². The summed E-state index contributed by atoms with van der Waals surface area (Å²) in [7, 11) is 0. The lowest BCUT2D eigenvalue weighted by atomic mass is 9.86. The summed E-state index contributed by atoms with van der Waals surface area (Å²) in [6, 6.07) is 8.19. The van der Waals surface area contributed by atoms with Gasteiger partial charge in [0, 0.05) is 5.56 Å². The molecule has 0 radical (unpaired) electrons. The zero-order chi connectivity index (χ0) is 15.2. The maximum atomic E-state index is 6.22. The van der Waals surface area contributed by atoms with Crippen LogP contribution in [0.4, 0.5) is 5.69 Å². The van der Waals surface area contributed by atoms with Crippen LogP contribution in [0.25, 0.3) is 0 Å². The van der Waals surface area contributed by atoms with E-state index in [2.05, 4.69) is 38.2 Å². The first kappa shape index (κ1) is 15.0. The van der Waals surface area contributed by atoms with Crippen LogP contribution in [-0.4, -0.2) is 6.54 Å². The molecule has 2 heterocycles. The first-order chi connectivity index (χ1) is 9.84. The molecule has 0 spiro atoms. The zero-order valence-electron chi connectivity index (χ0n) is 12.2. The SMILES string of the molecule is CC(C)(C)c1ccc2c(c1)NCC(c1cc(Cl)sc1Cl)O2. The van der Waals surface area contributed by atoms with Crippen LogP contribution in [0.5, 0.6) is 5.75 Å². The normalized spacial score (nSPS) is 17.9. The van der Waals surface area contributed by atoms with Crippen molar-refractivity contribution in [2.75, 3.05) is 11.9 Å². The molecule has 3 rings (SSSR count). The summed E-state index contributed by atoms with van der Waals surface area (Å²) in [5.74, 6) is 0.859. The second-order valence-corrected chi connectivity index (χ2v) is 8.51. The molecule has 0 fully saturated rings. The monoisotopic (exact) mass is 341 g/mol. The highest BCUT2D eigenvalue weighted by Crippen LogP contribution is 2.41. The average Bonchev–Trinajstić information content (AvgIpc) is 2.75. The largest absolute Gasteiger partial charge is 0.482 e. The minimum Gasteiger partial charge on any atom is -0.482 e. The van der Waals surface area contributed by atoms with Gasteiger partial charge in [-0.1, -0.05) is 50.0 Å². The summed E-state index contributed by atoms with van der Waals surface area (Å²) < 4.78 is 7.46. The molecule has 112 valence electrons. The van der Waals surface area contributed by atoms with Crippen molar-refractivity contribution >= 4 is 40.2 Å². The highest BCUT2D eigenvalue weighted by atomic mass is 35.5. The number of halogens is 2. The standard InChI is InChI=1S/C16H17Cl2NOS/c1-16(2,3)9-4-5-12-11(6-9)19-8-13(20-12)10-7-14(17)21-15(10)18/h4-7,13,19H,8H2,1-3H3. The van der Waals surface area contributed by atoms with Crippen LogP contribution in [0.1, 0.15) is 38.0 Å². The molecule has 21 heavy (non-hydrogen) atoms. The van der Waals surface area contributed by atoms with Crippen LogP contribution in [0.3, 0.4) is 0 Å². The minimum atomic E-state index is -0.103. The number of nitrogens with one attached hydrogen (secondary N) is 1. The van der Waals surface area contributed by atoms with Gasteiger partial charge < -0.3 is 10.1 Å². The fraction of sp³-hybridized carbons (Fsp3) is 0.375. The summed E-state index contributed by atoms with van der Waals surface area (Å²) in [6.45, 7) is 7.30. The Morgan fingerprint density at radius 2 is 2.00 bits per heavy atom. The summed E-state index contributed by atoms with van der Waals surface area (Å²) >= 11 is 13.6. The van der Waals surface area contributed by atoms with Gasteiger partial charge in [0.25, 0.3) is 0 Å². The Bertz CT molecular complexity index is 675. The van der Waals surface area contributed by atoms with Crippen LogP contribution in [0.2, 0.25) is 8.67 Å². The van der Waals surface area contributed by atoms with Gasteiger partial charge in [0.2, 0.25) is 0 Å². The summed E-state index contributed by atoms with van der Waals surface area (Å²) in [5.41, 5.74) is 3.39. The second-order valence-electron chi connectivity index (χ2n) is 6.23. The van der Waals surface area contributed by atoms with Crippen molar-refractivity contribution in [1.82, 2.24) is 0 Å². The number of rotatable bonds is 1. The van der Waals surface area contributed by atoms with Gasteiger partial charge in [0.05, 0.1) is 16.6 Å². The quantitative estimate of drug-likeness (QED) is 0.697. The fourth-order valence-corrected chi connectivity index (χ4v) is 3.94. The molecule has 0 saturated carbocycles. The van der Waals surface area contributed by atoms with Crippen molar-refractivity contribution in [3.8, 4) is 5.75 Å². The Kier molecular flexibility index (Phi) is 3.85. The van der Waals surface area contributed by atoms with Crippen LogP contribution in [0.15, 0.2) is 24.3 Å². The molecule has 1 atom stereocenters. The Morgan fingerprint density at radius 3 is 2.62 bits per heavy atom. The Balaban J connectivity index is 1.88. The number of ether oxygens (including phenoxy) is 1. The third-order valence-corrected chi connectivity index (χ3v) is 5.14.